The van der Waals surface area contributed by atoms with Crippen LogP contribution < -0.4 is 0 Å². The summed E-state index contributed by atoms with van der Waals surface area (Å²) < 4.78 is 0. The molecule has 0 heterocycles. The molecular weight excluding hydrogens is 239 g/mol. The first-order valence-corrected chi connectivity index (χ1v) is 0. The molecule has 1 radical (unpaired) electrons. The number of rotatable bonds is 0. The van der Waals surface area contributed by atoms with Gasteiger partial charge >= 0.3 is 100 Å². The molecule has 6 heavy (non-hydrogen) atoms. The first kappa shape index (κ1) is 61.4. The number of hydrogen-bond acceptors (Lipinski definition) is 0. The van der Waals surface area contributed by atoms with E-state index >= 15 is 0 Å². The van der Waals surface area contributed by atoms with Crippen molar-refractivity contribution in [3.05, 3.63) is 0 Å². The van der Waals surface area contributed by atoms with Gasteiger partial charge in [0.25, 0.3) is 0 Å². The van der Waals surface area contributed by atoms with Crippen molar-refractivity contribution >= 4 is 83.2 Å². The smallest absolute Gasteiger partial charge is 2.00 e. The molecule has 0 saturated heterocycles. The summed E-state index contributed by atoms with van der Waals surface area (Å²) in [6, 6.07) is 0. The zero-order valence-corrected chi connectivity index (χ0v) is 9.57. The van der Waals surface area contributed by atoms with E-state index in [-0.39, 0.29) is 117 Å². The van der Waals surface area contributed by atoms with Gasteiger partial charge in [-0.1, -0.05) is 0 Å². The Morgan fingerprint density at radius 1 is 0.667 bits per heavy atom. The Kier molecular flexibility index (Phi) is 431. The minimum atomic E-state index is 0. The van der Waals surface area contributed by atoms with Crippen LogP contribution in [0.1, 0.15) is 0 Å². The summed E-state index contributed by atoms with van der Waals surface area (Å²) in [5.41, 5.74) is 0. The molecule has 0 spiro atoms. The van der Waals surface area contributed by atoms with Gasteiger partial charge in [-0.15, -0.1) is 0 Å². The third-order valence-electron chi connectivity index (χ3n) is 0. The van der Waals surface area contributed by atoms with Crippen LogP contribution in [0.5, 0.6) is 0 Å². The molecule has 0 rings (SSSR count). The third-order valence-corrected chi connectivity index (χ3v) is 0. The van der Waals surface area contributed by atoms with Crippen LogP contribution in [0.4, 0.5) is 0 Å². The van der Waals surface area contributed by atoms with Gasteiger partial charge in [-0.3, -0.25) is 0 Å². The quantitative estimate of drug-likeness (QED) is 0.479. The summed E-state index contributed by atoms with van der Waals surface area (Å²) >= 11 is 0. The fourth-order valence-corrected chi connectivity index (χ4v) is 0. The van der Waals surface area contributed by atoms with E-state index in [4.69, 9.17) is 0 Å². The summed E-state index contributed by atoms with van der Waals surface area (Å²) in [5.74, 6) is 0. The second-order valence-electron chi connectivity index (χ2n) is 0. The van der Waals surface area contributed by atoms with Gasteiger partial charge in [0.1, 0.15) is 0 Å². The minimum Gasteiger partial charge on any atom is -2.00 e. The van der Waals surface area contributed by atoms with Gasteiger partial charge in [0.2, 0.25) is 0 Å². The average molecular weight is 239 g/mol. The van der Waals surface area contributed by atoms with Crippen molar-refractivity contribution in [3.8, 4) is 0 Å². The fraction of sp³-hybridized carbons (Fsp3) is 0. The molecule has 0 aromatic carbocycles. The van der Waals surface area contributed by atoms with Crippen molar-refractivity contribution in [1.29, 1.82) is 0 Å². The van der Waals surface area contributed by atoms with Crippen LogP contribution in [0.2, 0.25) is 0 Å². The van der Waals surface area contributed by atoms with E-state index in [0.717, 1.165) is 0 Å². The van der Waals surface area contributed by atoms with Crippen LogP contribution >= 0.6 is 0 Å². The molecule has 3 nitrogen and oxygen atoms in total. The van der Waals surface area contributed by atoms with Crippen molar-refractivity contribution in [3.63, 3.8) is 0 Å². The molecule has 0 fully saturated rings. The van der Waals surface area contributed by atoms with E-state index < -0.39 is 0 Å². The molecule has 33 valence electrons. The molecule has 0 saturated carbocycles. The van der Waals surface area contributed by atoms with Gasteiger partial charge < -0.3 is 16.4 Å². The largest absolute Gasteiger partial charge is 2.00 e. The van der Waals surface area contributed by atoms with E-state index in [1.807, 2.05) is 0 Å². The van der Waals surface area contributed by atoms with Crippen molar-refractivity contribution in [2.45, 2.75) is 0 Å². The van der Waals surface area contributed by atoms with Crippen molar-refractivity contribution in [1.82, 2.24) is 0 Å². The maximum atomic E-state index is 0. The summed E-state index contributed by atoms with van der Waals surface area (Å²) in [4.78, 5) is 0. The molecule has 0 aliphatic heterocycles. The predicted molar refractivity (Wildman–Crippen MR) is 13.6 cm³/mol. The minimum absolute atomic E-state index is 0. The Balaban J connectivity index is 0. The van der Waals surface area contributed by atoms with Crippen molar-refractivity contribution in [2.24, 2.45) is 0 Å². The summed E-state index contributed by atoms with van der Waals surface area (Å²) in [6.45, 7) is 0. The summed E-state index contributed by atoms with van der Waals surface area (Å²) in [7, 11) is 0. The van der Waals surface area contributed by atoms with Crippen molar-refractivity contribution in [2.75, 3.05) is 0 Å². The van der Waals surface area contributed by atoms with Gasteiger partial charge in [0, 0.05) is 0 Å². The van der Waals surface area contributed by atoms with Gasteiger partial charge in [-0.2, -0.15) is 0 Å². The molecule has 0 aliphatic carbocycles. The zero-order chi connectivity index (χ0) is 0. The Labute approximate surface area is 114 Å². The van der Waals surface area contributed by atoms with E-state index in [0.29, 0.717) is 0 Å². The molecule has 0 amide bonds. The molecule has 0 aromatic heterocycles. The molecule has 0 unspecified atom stereocenters. The molecule has 0 aliphatic rings. The Morgan fingerprint density at radius 3 is 0.667 bits per heavy atom. The standard InChI is InChI=1S/Ca.Cu.3O.Sr/q2*+2;3*-2;+2. The maximum Gasteiger partial charge on any atom is 2.00 e. The van der Waals surface area contributed by atoms with Gasteiger partial charge in [0.05, 0.1) is 0 Å². The van der Waals surface area contributed by atoms with E-state index in [9.17, 15) is 0 Å². The zero-order valence-electron chi connectivity index (χ0n) is 2.94. The van der Waals surface area contributed by atoms with Crippen LogP contribution in [-0.2, 0) is 33.5 Å². The van der Waals surface area contributed by atoms with Crippen LogP contribution in [0, 0.1) is 0 Å². The van der Waals surface area contributed by atoms with Gasteiger partial charge in [-0.25, -0.2) is 0 Å². The van der Waals surface area contributed by atoms with Crippen LogP contribution in [-0.4, -0.2) is 83.2 Å². The van der Waals surface area contributed by atoms with E-state index in [1.54, 1.807) is 0 Å². The van der Waals surface area contributed by atoms with E-state index in [2.05, 4.69) is 0 Å². The van der Waals surface area contributed by atoms with Crippen molar-refractivity contribution < 1.29 is 33.5 Å². The first-order valence-electron chi connectivity index (χ1n) is 0. The monoisotopic (exact) mass is 239 g/mol. The Morgan fingerprint density at radius 2 is 0.667 bits per heavy atom. The Bertz CT molecular complexity index is 10.8. The first-order chi connectivity index (χ1) is 0. The molecule has 0 bridgehead atoms. The SMILES string of the molecule is [Ca+2].[Cu+2].[O-2].[O-2].[O-2].[Sr+2]. The average Bonchev–Trinajstić information content (AvgIpc) is 0. The second kappa shape index (κ2) is 42.1. The molecule has 0 atom stereocenters. The topological polar surface area (TPSA) is 85.5 Å². The maximum absolute atomic E-state index is 0. The molecule has 6 heteroatoms. The summed E-state index contributed by atoms with van der Waals surface area (Å²) in [6.07, 6.45) is 0. The summed E-state index contributed by atoms with van der Waals surface area (Å²) in [5, 5.41) is 0. The third kappa shape index (κ3) is 27.3. The van der Waals surface area contributed by atoms with Gasteiger partial charge in [0.15, 0.2) is 0 Å². The van der Waals surface area contributed by atoms with Gasteiger partial charge in [-0.05, 0) is 0 Å². The fourth-order valence-electron chi connectivity index (χ4n) is 0. The van der Waals surface area contributed by atoms with Crippen LogP contribution in [0.15, 0.2) is 0 Å². The predicted octanol–water partition coefficient (Wildman–Crippen LogP) is -1.12. The van der Waals surface area contributed by atoms with Crippen LogP contribution in [0.3, 0.4) is 0 Å². The molecular formula is CaCuO3Sr. The normalized spacial score (nSPS) is 0. The molecule has 0 N–H and O–H groups in total. The van der Waals surface area contributed by atoms with E-state index in [1.165, 1.54) is 0 Å². The molecule has 0 aromatic rings. The Hall–Kier alpha value is 3.14. The number of hydrogen-bond donors (Lipinski definition) is 0. The second-order valence-corrected chi connectivity index (χ2v) is 0. The van der Waals surface area contributed by atoms with Crippen LogP contribution in [0.25, 0.3) is 0 Å².